The summed E-state index contributed by atoms with van der Waals surface area (Å²) in [7, 11) is 3.04. The van der Waals surface area contributed by atoms with Crippen LogP contribution in [-0.4, -0.2) is 39.1 Å². The van der Waals surface area contributed by atoms with Crippen molar-refractivity contribution in [1.82, 2.24) is 10.6 Å². The summed E-state index contributed by atoms with van der Waals surface area (Å²) in [4.78, 5) is 24.2. The first-order chi connectivity index (χ1) is 12.0. The molecule has 25 heavy (non-hydrogen) atoms. The Morgan fingerprint density at radius 2 is 1.32 bits per heavy atom. The van der Waals surface area contributed by atoms with Gasteiger partial charge in [-0.05, 0) is 36.4 Å². The summed E-state index contributed by atoms with van der Waals surface area (Å²) in [5.74, 6) is 0.612. The van der Waals surface area contributed by atoms with Crippen molar-refractivity contribution in [3.8, 4) is 11.5 Å². The van der Waals surface area contributed by atoms with Crippen molar-refractivity contribution < 1.29 is 19.1 Å². The van der Waals surface area contributed by atoms with Gasteiger partial charge in [0.05, 0.1) is 14.2 Å². The molecule has 2 aromatic carbocycles. The van der Waals surface area contributed by atoms with Gasteiger partial charge in [-0.1, -0.05) is 15.9 Å². The van der Waals surface area contributed by atoms with Crippen LogP contribution in [0.15, 0.2) is 46.9 Å². The predicted octanol–water partition coefficient (Wildman–Crippen LogP) is 2.63. The number of ether oxygens (including phenoxy) is 2. The third-order valence-electron chi connectivity index (χ3n) is 3.42. The van der Waals surface area contributed by atoms with Crippen molar-refractivity contribution in [2.24, 2.45) is 0 Å². The van der Waals surface area contributed by atoms with Crippen molar-refractivity contribution in [2.45, 2.75) is 0 Å². The van der Waals surface area contributed by atoms with Gasteiger partial charge in [0.2, 0.25) is 0 Å². The second-order valence-corrected chi connectivity index (χ2v) is 6.04. The number of amides is 2. The standard InChI is InChI=1S/C18H19BrN2O4/c1-24-15-9-13(10-16(11-15)25-2)18(23)21-8-7-20-17(22)12-3-5-14(19)6-4-12/h3-6,9-11H,7-8H2,1-2H3,(H,20,22)(H,21,23). The molecule has 2 rings (SSSR count). The summed E-state index contributed by atoms with van der Waals surface area (Å²) in [6.45, 7) is 0.627. The third-order valence-corrected chi connectivity index (χ3v) is 3.94. The highest BCUT2D eigenvalue weighted by Gasteiger charge is 2.10. The van der Waals surface area contributed by atoms with Crippen LogP contribution in [0.3, 0.4) is 0 Å². The normalized spacial score (nSPS) is 10.0. The number of rotatable bonds is 7. The average molecular weight is 407 g/mol. The maximum atomic E-state index is 12.2. The van der Waals surface area contributed by atoms with E-state index in [0.717, 1.165) is 4.47 Å². The number of halogens is 1. The zero-order valence-electron chi connectivity index (χ0n) is 14.0. The SMILES string of the molecule is COc1cc(OC)cc(C(=O)NCCNC(=O)c2ccc(Br)cc2)c1. The molecule has 0 aliphatic rings. The molecule has 0 heterocycles. The first kappa shape index (κ1) is 18.8. The number of nitrogens with one attached hydrogen (secondary N) is 2. The smallest absolute Gasteiger partial charge is 0.251 e. The van der Waals surface area contributed by atoms with Gasteiger partial charge in [-0.15, -0.1) is 0 Å². The molecule has 0 atom stereocenters. The van der Waals surface area contributed by atoms with Gasteiger partial charge in [0, 0.05) is 34.8 Å². The monoisotopic (exact) mass is 406 g/mol. The molecule has 0 saturated carbocycles. The Morgan fingerprint density at radius 3 is 1.80 bits per heavy atom. The van der Waals surface area contributed by atoms with Crippen molar-refractivity contribution in [1.29, 1.82) is 0 Å². The van der Waals surface area contributed by atoms with E-state index < -0.39 is 0 Å². The minimum atomic E-state index is -0.268. The molecule has 2 N–H and O–H groups in total. The Bertz CT molecular complexity index is 725. The molecule has 0 aliphatic carbocycles. The fourth-order valence-electron chi connectivity index (χ4n) is 2.10. The van der Waals surface area contributed by atoms with Gasteiger partial charge in [0.1, 0.15) is 11.5 Å². The van der Waals surface area contributed by atoms with Crippen LogP contribution in [0, 0.1) is 0 Å². The lowest BCUT2D eigenvalue weighted by Crippen LogP contribution is -2.34. The van der Waals surface area contributed by atoms with Gasteiger partial charge in [-0.2, -0.15) is 0 Å². The molecule has 2 aromatic rings. The minimum absolute atomic E-state index is 0.190. The summed E-state index contributed by atoms with van der Waals surface area (Å²) in [6, 6.07) is 12.0. The first-order valence-electron chi connectivity index (χ1n) is 7.58. The molecule has 0 spiro atoms. The number of hydrogen-bond donors (Lipinski definition) is 2. The molecular formula is C18H19BrN2O4. The molecule has 132 valence electrons. The fourth-order valence-corrected chi connectivity index (χ4v) is 2.36. The highest BCUT2D eigenvalue weighted by molar-refractivity contribution is 9.10. The fraction of sp³-hybridized carbons (Fsp3) is 0.222. The van der Waals surface area contributed by atoms with E-state index in [-0.39, 0.29) is 11.8 Å². The van der Waals surface area contributed by atoms with E-state index in [1.807, 2.05) is 0 Å². The van der Waals surface area contributed by atoms with E-state index in [2.05, 4.69) is 26.6 Å². The van der Waals surface area contributed by atoms with Crippen LogP contribution >= 0.6 is 15.9 Å². The number of benzene rings is 2. The van der Waals surface area contributed by atoms with E-state index in [1.165, 1.54) is 14.2 Å². The number of carbonyl (C=O) groups excluding carboxylic acids is 2. The highest BCUT2D eigenvalue weighted by atomic mass is 79.9. The molecule has 0 saturated heterocycles. The summed E-state index contributed by atoms with van der Waals surface area (Å²) in [5.41, 5.74) is 0.988. The Hall–Kier alpha value is -2.54. The molecule has 6 nitrogen and oxygen atoms in total. The van der Waals surface area contributed by atoms with Crippen LogP contribution in [0.4, 0.5) is 0 Å². The lowest BCUT2D eigenvalue weighted by Gasteiger charge is -2.10. The minimum Gasteiger partial charge on any atom is -0.497 e. The van der Waals surface area contributed by atoms with Crippen molar-refractivity contribution in [3.05, 3.63) is 58.1 Å². The molecular weight excluding hydrogens is 388 g/mol. The van der Waals surface area contributed by atoms with Gasteiger partial charge < -0.3 is 20.1 Å². The third kappa shape index (κ3) is 5.49. The quantitative estimate of drug-likeness (QED) is 0.692. The van der Waals surface area contributed by atoms with Crippen molar-refractivity contribution in [3.63, 3.8) is 0 Å². The molecule has 0 aromatic heterocycles. The lowest BCUT2D eigenvalue weighted by atomic mass is 10.2. The maximum Gasteiger partial charge on any atom is 0.251 e. The first-order valence-corrected chi connectivity index (χ1v) is 8.38. The Morgan fingerprint density at radius 1 is 0.840 bits per heavy atom. The van der Waals surface area contributed by atoms with Gasteiger partial charge in [0.25, 0.3) is 11.8 Å². The Kier molecular flexibility index (Phi) is 6.82. The van der Waals surface area contributed by atoms with E-state index in [4.69, 9.17) is 9.47 Å². The lowest BCUT2D eigenvalue weighted by molar-refractivity contribution is 0.0927. The molecule has 0 fully saturated rings. The summed E-state index contributed by atoms with van der Waals surface area (Å²) < 4.78 is 11.2. The van der Waals surface area contributed by atoms with Gasteiger partial charge in [-0.25, -0.2) is 0 Å². The van der Waals surface area contributed by atoms with Crippen molar-refractivity contribution >= 4 is 27.7 Å². The van der Waals surface area contributed by atoms with E-state index in [1.54, 1.807) is 42.5 Å². The average Bonchev–Trinajstić information content (AvgIpc) is 2.64. The zero-order chi connectivity index (χ0) is 18.2. The zero-order valence-corrected chi connectivity index (χ0v) is 15.6. The molecule has 2 amide bonds. The number of methoxy groups -OCH3 is 2. The van der Waals surface area contributed by atoms with Gasteiger partial charge >= 0.3 is 0 Å². The maximum absolute atomic E-state index is 12.2. The van der Waals surface area contributed by atoms with Crippen LogP contribution in [0.5, 0.6) is 11.5 Å². The van der Waals surface area contributed by atoms with E-state index >= 15 is 0 Å². The van der Waals surface area contributed by atoms with E-state index in [9.17, 15) is 9.59 Å². The van der Waals surface area contributed by atoms with Crippen LogP contribution in [0.1, 0.15) is 20.7 Å². The van der Waals surface area contributed by atoms with Crippen LogP contribution < -0.4 is 20.1 Å². The summed E-state index contributed by atoms with van der Waals surface area (Å²) >= 11 is 3.32. The molecule has 7 heteroatoms. The van der Waals surface area contributed by atoms with Gasteiger partial charge in [-0.3, -0.25) is 9.59 Å². The second kappa shape index (κ2) is 9.08. The highest BCUT2D eigenvalue weighted by Crippen LogP contribution is 2.22. The van der Waals surface area contributed by atoms with Crippen LogP contribution in [0.2, 0.25) is 0 Å². The van der Waals surface area contributed by atoms with E-state index in [0.29, 0.717) is 35.7 Å². The predicted molar refractivity (Wildman–Crippen MR) is 98.4 cm³/mol. The Labute approximate surface area is 154 Å². The molecule has 0 unspecified atom stereocenters. The Balaban J connectivity index is 1.84. The summed E-state index contributed by atoms with van der Waals surface area (Å²) in [6.07, 6.45) is 0. The second-order valence-electron chi connectivity index (χ2n) is 5.12. The van der Waals surface area contributed by atoms with Gasteiger partial charge in [0.15, 0.2) is 0 Å². The molecule has 0 bridgehead atoms. The largest absolute Gasteiger partial charge is 0.497 e. The number of carbonyl (C=O) groups is 2. The topological polar surface area (TPSA) is 76.7 Å². The number of hydrogen-bond acceptors (Lipinski definition) is 4. The van der Waals surface area contributed by atoms with Crippen LogP contribution in [-0.2, 0) is 0 Å². The van der Waals surface area contributed by atoms with Crippen LogP contribution in [0.25, 0.3) is 0 Å². The molecule has 0 radical (unpaired) electrons. The molecule has 0 aliphatic heterocycles. The summed E-state index contributed by atoms with van der Waals surface area (Å²) in [5, 5.41) is 5.50. The van der Waals surface area contributed by atoms with Crippen molar-refractivity contribution in [2.75, 3.05) is 27.3 Å².